The molecule has 0 aliphatic heterocycles. The minimum atomic E-state index is -4.63. The van der Waals surface area contributed by atoms with Gasteiger partial charge in [-0.3, -0.25) is 0 Å². The van der Waals surface area contributed by atoms with E-state index in [9.17, 15) is 13.2 Å². The lowest BCUT2D eigenvalue weighted by Crippen LogP contribution is -2.15. The highest BCUT2D eigenvalue weighted by molar-refractivity contribution is 5.46. The fraction of sp³-hybridized carbons (Fsp3) is 0.400. The van der Waals surface area contributed by atoms with Crippen molar-refractivity contribution in [2.75, 3.05) is 0 Å². The Bertz CT molecular complexity index is 421. The monoisotopic (exact) mass is 230 g/mol. The maximum absolute atomic E-state index is 12.6. The first kappa shape index (κ1) is 12.3. The molecular weight excluding hydrogens is 221 g/mol. The maximum atomic E-state index is 12.6. The Morgan fingerprint density at radius 3 is 2.50 bits per heavy atom. The Balaban J connectivity index is 3.33. The van der Waals surface area contributed by atoms with Crippen molar-refractivity contribution in [3.63, 3.8) is 0 Å². The summed E-state index contributed by atoms with van der Waals surface area (Å²) in [6.07, 6.45) is -4.15. The summed E-state index contributed by atoms with van der Waals surface area (Å²) in [4.78, 5) is 3.21. The van der Waals surface area contributed by atoms with Crippen molar-refractivity contribution in [2.24, 2.45) is 0 Å². The first-order chi connectivity index (χ1) is 7.36. The smallest absolute Gasteiger partial charge is 0.437 e. The molecule has 0 aliphatic carbocycles. The number of rotatable bonds is 2. The summed E-state index contributed by atoms with van der Waals surface area (Å²) in [5, 5.41) is 8.70. The van der Waals surface area contributed by atoms with Gasteiger partial charge >= 0.3 is 6.18 Å². The highest BCUT2D eigenvalue weighted by atomic mass is 19.4. The largest absolute Gasteiger partial charge is 0.487 e. The van der Waals surface area contributed by atoms with Crippen molar-refractivity contribution in [1.29, 1.82) is 5.26 Å². The molecule has 1 aromatic rings. The number of pyridine rings is 1. The van der Waals surface area contributed by atoms with Crippen LogP contribution in [0.5, 0.6) is 5.75 Å². The number of hydrogen-bond donors (Lipinski definition) is 0. The molecule has 0 spiro atoms. The highest BCUT2D eigenvalue weighted by Crippen LogP contribution is 2.36. The van der Waals surface area contributed by atoms with Gasteiger partial charge in [-0.1, -0.05) is 0 Å². The predicted octanol–water partition coefficient (Wildman–Crippen LogP) is 2.76. The van der Waals surface area contributed by atoms with Gasteiger partial charge in [0.15, 0.2) is 11.4 Å². The summed E-state index contributed by atoms with van der Waals surface area (Å²) in [7, 11) is 0. The molecule has 0 bridgehead atoms. The minimum Gasteiger partial charge on any atom is -0.487 e. The second-order valence-corrected chi connectivity index (χ2v) is 3.31. The Labute approximate surface area is 90.5 Å². The Morgan fingerprint density at radius 2 is 2.06 bits per heavy atom. The molecular formula is C10H9F3N2O. The zero-order valence-electron chi connectivity index (χ0n) is 8.67. The summed E-state index contributed by atoms with van der Waals surface area (Å²) < 4.78 is 42.7. The molecule has 0 N–H and O–H groups in total. The third kappa shape index (κ3) is 2.63. The van der Waals surface area contributed by atoms with Crippen LogP contribution in [0.2, 0.25) is 0 Å². The fourth-order valence-corrected chi connectivity index (χ4v) is 1.09. The molecule has 16 heavy (non-hydrogen) atoms. The van der Waals surface area contributed by atoms with E-state index in [-0.39, 0.29) is 5.56 Å². The molecule has 3 nitrogen and oxygen atoms in total. The summed E-state index contributed by atoms with van der Waals surface area (Å²) in [5.41, 5.74) is -1.34. The number of nitrogens with zero attached hydrogens (tertiary/aromatic N) is 2. The third-order valence-electron chi connectivity index (χ3n) is 1.65. The van der Waals surface area contributed by atoms with E-state index in [2.05, 4.69) is 4.98 Å². The molecule has 0 radical (unpaired) electrons. The summed E-state index contributed by atoms with van der Waals surface area (Å²) in [6.45, 7) is 3.16. The van der Waals surface area contributed by atoms with Crippen LogP contribution in [0.15, 0.2) is 12.3 Å². The van der Waals surface area contributed by atoms with E-state index in [1.54, 1.807) is 19.9 Å². The minimum absolute atomic E-state index is 0.170. The molecule has 0 unspecified atom stereocenters. The van der Waals surface area contributed by atoms with Gasteiger partial charge in [0.25, 0.3) is 0 Å². The number of halogens is 3. The molecule has 6 heteroatoms. The molecule has 1 aromatic heterocycles. The van der Waals surface area contributed by atoms with Gasteiger partial charge in [-0.25, -0.2) is 4.98 Å². The van der Waals surface area contributed by atoms with Crippen molar-refractivity contribution in [3.05, 3.63) is 23.5 Å². The number of hydrogen-bond acceptors (Lipinski definition) is 3. The molecule has 1 rings (SSSR count). The summed E-state index contributed by atoms with van der Waals surface area (Å²) in [5.74, 6) is -0.507. The van der Waals surface area contributed by atoms with Gasteiger partial charge in [0, 0.05) is 6.20 Å². The molecule has 0 atom stereocenters. The van der Waals surface area contributed by atoms with Crippen LogP contribution in [0.4, 0.5) is 13.2 Å². The molecule has 0 amide bonds. The van der Waals surface area contributed by atoms with Gasteiger partial charge in [-0.15, -0.1) is 0 Å². The molecule has 1 heterocycles. The fourth-order valence-electron chi connectivity index (χ4n) is 1.09. The van der Waals surface area contributed by atoms with Crippen LogP contribution in [-0.2, 0) is 6.18 Å². The van der Waals surface area contributed by atoms with Crippen LogP contribution in [-0.4, -0.2) is 11.1 Å². The van der Waals surface area contributed by atoms with E-state index in [1.165, 1.54) is 6.07 Å². The average molecular weight is 230 g/mol. The topological polar surface area (TPSA) is 45.9 Å². The number of aromatic nitrogens is 1. The normalized spacial score (nSPS) is 11.3. The standard InChI is InChI=1S/C10H9F3N2O/c1-6(2)16-8-7(5-14)3-4-15-9(8)10(11,12)13/h3-4,6H,1-2H3. The Kier molecular flexibility index (Phi) is 3.38. The van der Waals surface area contributed by atoms with Crippen LogP contribution in [0.1, 0.15) is 25.1 Å². The zero-order chi connectivity index (χ0) is 12.3. The summed E-state index contributed by atoms with van der Waals surface area (Å²) in [6, 6.07) is 2.84. The Hall–Kier alpha value is -1.77. The SMILES string of the molecule is CC(C)Oc1c(C#N)ccnc1C(F)(F)F. The van der Waals surface area contributed by atoms with Crippen LogP contribution >= 0.6 is 0 Å². The van der Waals surface area contributed by atoms with Crippen molar-refractivity contribution in [3.8, 4) is 11.8 Å². The van der Waals surface area contributed by atoms with Gasteiger partial charge in [0.2, 0.25) is 0 Å². The second-order valence-electron chi connectivity index (χ2n) is 3.31. The molecule has 0 saturated heterocycles. The van der Waals surface area contributed by atoms with E-state index >= 15 is 0 Å². The molecule has 0 saturated carbocycles. The second kappa shape index (κ2) is 4.39. The number of alkyl halides is 3. The van der Waals surface area contributed by atoms with Crippen molar-refractivity contribution >= 4 is 0 Å². The van der Waals surface area contributed by atoms with Crippen LogP contribution in [0.25, 0.3) is 0 Å². The zero-order valence-corrected chi connectivity index (χ0v) is 8.67. The molecule has 0 fully saturated rings. The van der Waals surface area contributed by atoms with E-state index in [0.29, 0.717) is 0 Å². The number of nitriles is 1. The Morgan fingerprint density at radius 1 is 1.44 bits per heavy atom. The van der Waals surface area contributed by atoms with Crippen molar-refractivity contribution < 1.29 is 17.9 Å². The van der Waals surface area contributed by atoms with Crippen molar-refractivity contribution in [2.45, 2.75) is 26.1 Å². The average Bonchev–Trinajstić information content (AvgIpc) is 2.15. The van der Waals surface area contributed by atoms with Gasteiger partial charge in [0.05, 0.1) is 11.7 Å². The van der Waals surface area contributed by atoms with E-state index in [0.717, 1.165) is 6.20 Å². The first-order valence-corrected chi connectivity index (χ1v) is 4.49. The lowest BCUT2D eigenvalue weighted by atomic mass is 10.2. The molecule has 86 valence electrons. The van der Waals surface area contributed by atoms with Crippen LogP contribution in [0, 0.1) is 11.3 Å². The number of ether oxygens (including phenoxy) is 1. The van der Waals surface area contributed by atoms with Gasteiger partial charge < -0.3 is 4.74 Å². The molecule has 0 aromatic carbocycles. The van der Waals surface area contributed by atoms with Crippen LogP contribution < -0.4 is 4.74 Å². The van der Waals surface area contributed by atoms with E-state index in [1.807, 2.05) is 0 Å². The quantitative estimate of drug-likeness (QED) is 0.784. The predicted molar refractivity (Wildman–Crippen MR) is 49.7 cm³/mol. The van der Waals surface area contributed by atoms with E-state index in [4.69, 9.17) is 10.00 Å². The first-order valence-electron chi connectivity index (χ1n) is 4.49. The maximum Gasteiger partial charge on any atom is 0.437 e. The lowest BCUT2D eigenvalue weighted by molar-refractivity contribution is -0.142. The molecule has 0 aliphatic rings. The van der Waals surface area contributed by atoms with E-state index < -0.39 is 23.7 Å². The third-order valence-corrected chi connectivity index (χ3v) is 1.65. The van der Waals surface area contributed by atoms with Crippen molar-refractivity contribution in [1.82, 2.24) is 4.98 Å². The van der Waals surface area contributed by atoms with Gasteiger partial charge in [-0.05, 0) is 19.9 Å². The summed E-state index contributed by atoms with van der Waals surface area (Å²) >= 11 is 0. The van der Waals surface area contributed by atoms with Crippen LogP contribution in [0.3, 0.4) is 0 Å². The van der Waals surface area contributed by atoms with Gasteiger partial charge in [-0.2, -0.15) is 18.4 Å². The highest BCUT2D eigenvalue weighted by Gasteiger charge is 2.37. The lowest BCUT2D eigenvalue weighted by Gasteiger charge is -2.15. The van der Waals surface area contributed by atoms with Gasteiger partial charge in [0.1, 0.15) is 6.07 Å².